The van der Waals surface area contributed by atoms with Crippen molar-refractivity contribution in [3.63, 3.8) is 0 Å². The molecule has 15 heteroatoms. The molecule has 0 bridgehead atoms. The van der Waals surface area contributed by atoms with Gasteiger partial charge in [0.2, 0.25) is 5.91 Å². The minimum absolute atomic E-state index is 0.105. The highest BCUT2D eigenvalue weighted by molar-refractivity contribution is 5.77. The summed E-state index contributed by atoms with van der Waals surface area (Å²) in [5, 5.41) is 14.0. The van der Waals surface area contributed by atoms with Crippen molar-refractivity contribution in [2.24, 2.45) is 0 Å². The average Bonchev–Trinajstić information content (AvgIpc) is 2.92. The number of carbonyl (C=O) groups excluding carboxylic acids is 1. The number of hydrogen-bond acceptors (Lipinski definition) is 7. The third-order valence-electron chi connectivity index (χ3n) is 7.14. The molecule has 0 spiro atoms. The molecule has 42 heavy (non-hydrogen) atoms. The van der Waals surface area contributed by atoms with Crippen LogP contribution in [0.5, 0.6) is 11.5 Å². The van der Waals surface area contributed by atoms with E-state index in [9.17, 15) is 41.3 Å². The maximum Gasteiger partial charge on any atom is 0.573 e. The van der Waals surface area contributed by atoms with E-state index in [0.717, 1.165) is 12.1 Å². The summed E-state index contributed by atoms with van der Waals surface area (Å²) in [5.41, 5.74) is -2.16. The van der Waals surface area contributed by atoms with Crippen LogP contribution < -0.4 is 14.8 Å². The number of piperidine rings is 1. The van der Waals surface area contributed by atoms with Crippen LogP contribution in [0.3, 0.4) is 0 Å². The number of carbonyl (C=O) groups is 1. The quantitative estimate of drug-likeness (QED) is 0.203. The van der Waals surface area contributed by atoms with Gasteiger partial charge in [0, 0.05) is 43.7 Å². The second-order valence-electron chi connectivity index (χ2n) is 10.1. The standard InChI is InChI=1S/C27H29F6N3O6/c28-26(29,30)23-15-18(3-10-24(23)36(38)39)34-17-1-4-19(5-2-17)40-16-25(37)35-13-11-21(12-14-35)41-20-6-8-22(9-7-20)42-27(31,32)33/h3,6-10,15,17,19,21,34H,1-2,4-5,11-14,16H2/t17-,19-. The Hall–Kier alpha value is -3.75. The topological polar surface area (TPSA) is 103 Å². The first-order valence-corrected chi connectivity index (χ1v) is 13.3. The molecule has 2 fully saturated rings. The van der Waals surface area contributed by atoms with Crippen molar-refractivity contribution >= 4 is 17.3 Å². The lowest BCUT2D eigenvalue weighted by molar-refractivity contribution is -0.388. The van der Waals surface area contributed by atoms with Crippen LogP contribution in [-0.4, -0.2) is 60.0 Å². The number of hydrogen-bond donors (Lipinski definition) is 1. The highest BCUT2D eigenvalue weighted by Gasteiger charge is 2.38. The lowest BCUT2D eigenvalue weighted by Gasteiger charge is -2.33. The van der Waals surface area contributed by atoms with Gasteiger partial charge in [-0.15, -0.1) is 13.2 Å². The Morgan fingerprint density at radius 2 is 1.52 bits per heavy atom. The van der Waals surface area contributed by atoms with Crippen molar-refractivity contribution in [3.05, 3.63) is 58.1 Å². The minimum atomic E-state index is -4.86. The average molecular weight is 606 g/mol. The van der Waals surface area contributed by atoms with E-state index >= 15 is 0 Å². The predicted octanol–water partition coefficient (Wildman–Crippen LogP) is 6.32. The van der Waals surface area contributed by atoms with E-state index in [-0.39, 0.29) is 42.2 Å². The highest BCUT2D eigenvalue weighted by atomic mass is 19.4. The van der Waals surface area contributed by atoms with E-state index in [0.29, 0.717) is 57.4 Å². The van der Waals surface area contributed by atoms with E-state index in [2.05, 4.69) is 10.1 Å². The monoisotopic (exact) mass is 605 g/mol. The van der Waals surface area contributed by atoms with Crippen LogP contribution in [0.15, 0.2) is 42.5 Å². The maximum atomic E-state index is 13.2. The molecular weight excluding hydrogens is 576 g/mol. The smallest absolute Gasteiger partial charge is 0.490 e. The van der Waals surface area contributed by atoms with Crippen molar-refractivity contribution < 1.29 is 50.3 Å². The van der Waals surface area contributed by atoms with Crippen molar-refractivity contribution in [1.29, 1.82) is 0 Å². The fraction of sp³-hybridized carbons (Fsp3) is 0.519. The van der Waals surface area contributed by atoms with Crippen molar-refractivity contribution in [2.75, 3.05) is 25.0 Å². The van der Waals surface area contributed by atoms with Gasteiger partial charge in [-0.05, 0) is 62.1 Å². The predicted molar refractivity (Wildman–Crippen MR) is 137 cm³/mol. The first-order valence-electron chi connectivity index (χ1n) is 13.3. The molecule has 0 unspecified atom stereocenters. The second kappa shape index (κ2) is 13.0. The molecule has 4 rings (SSSR count). The number of rotatable bonds is 9. The van der Waals surface area contributed by atoms with Crippen molar-refractivity contribution in [3.8, 4) is 11.5 Å². The fourth-order valence-electron chi connectivity index (χ4n) is 5.04. The Morgan fingerprint density at radius 3 is 2.10 bits per heavy atom. The van der Waals surface area contributed by atoms with Gasteiger partial charge in [0.15, 0.2) is 0 Å². The lowest BCUT2D eigenvalue weighted by atomic mass is 9.92. The summed E-state index contributed by atoms with van der Waals surface area (Å²) in [7, 11) is 0. The van der Waals surface area contributed by atoms with Crippen LogP contribution in [0.1, 0.15) is 44.1 Å². The van der Waals surface area contributed by atoms with E-state index in [1.807, 2.05) is 0 Å². The summed E-state index contributed by atoms with van der Waals surface area (Å²) < 4.78 is 92.1. The number of halogens is 6. The summed E-state index contributed by atoms with van der Waals surface area (Å²) in [5.74, 6) is -0.117. The molecule has 2 aromatic carbocycles. The van der Waals surface area contributed by atoms with Crippen LogP contribution >= 0.6 is 0 Å². The molecule has 1 heterocycles. The van der Waals surface area contributed by atoms with E-state index < -0.39 is 28.7 Å². The van der Waals surface area contributed by atoms with Crippen LogP contribution in [-0.2, 0) is 15.7 Å². The van der Waals surface area contributed by atoms with Gasteiger partial charge in [0.1, 0.15) is 29.8 Å². The summed E-state index contributed by atoms with van der Waals surface area (Å²) in [6.45, 7) is 0.772. The van der Waals surface area contributed by atoms with Gasteiger partial charge < -0.3 is 24.4 Å². The Balaban J connectivity index is 1.16. The van der Waals surface area contributed by atoms with Gasteiger partial charge >= 0.3 is 12.5 Å². The number of nitrogens with one attached hydrogen (secondary N) is 1. The number of benzene rings is 2. The van der Waals surface area contributed by atoms with Crippen LogP contribution in [0.2, 0.25) is 0 Å². The first-order chi connectivity index (χ1) is 19.8. The largest absolute Gasteiger partial charge is 0.573 e. The third-order valence-corrected chi connectivity index (χ3v) is 7.14. The summed E-state index contributed by atoms with van der Waals surface area (Å²) in [6.07, 6.45) is -6.57. The zero-order chi connectivity index (χ0) is 30.5. The van der Waals surface area contributed by atoms with Crippen LogP contribution in [0.4, 0.5) is 37.7 Å². The molecule has 230 valence electrons. The molecule has 0 radical (unpaired) electrons. The zero-order valence-corrected chi connectivity index (χ0v) is 22.2. The molecule has 1 saturated carbocycles. The summed E-state index contributed by atoms with van der Waals surface area (Å²) in [4.78, 5) is 24.2. The highest BCUT2D eigenvalue weighted by Crippen LogP contribution is 2.38. The number of nitro benzene ring substituents is 1. The van der Waals surface area contributed by atoms with Gasteiger partial charge in [0.25, 0.3) is 5.69 Å². The Kier molecular flexibility index (Phi) is 9.69. The van der Waals surface area contributed by atoms with Gasteiger partial charge in [-0.25, -0.2) is 0 Å². The third kappa shape index (κ3) is 8.87. The van der Waals surface area contributed by atoms with E-state index in [1.54, 1.807) is 4.90 Å². The SMILES string of the molecule is O=C(CO[C@H]1CC[C@H](Nc2ccc([N+](=O)[O-])c(C(F)(F)F)c2)CC1)N1CCC(Oc2ccc(OC(F)(F)F)cc2)CC1. The number of anilines is 1. The number of nitro groups is 1. The molecule has 2 aromatic rings. The number of nitrogens with zero attached hydrogens (tertiary/aromatic N) is 2. The number of ether oxygens (including phenoxy) is 3. The first kappa shape index (κ1) is 31.2. The fourth-order valence-corrected chi connectivity index (χ4v) is 5.04. The molecule has 1 amide bonds. The molecule has 1 saturated heterocycles. The number of amides is 1. The molecule has 0 atom stereocenters. The van der Waals surface area contributed by atoms with Gasteiger partial charge in [-0.2, -0.15) is 13.2 Å². The van der Waals surface area contributed by atoms with Crippen LogP contribution in [0.25, 0.3) is 0 Å². The summed E-state index contributed by atoms with van der Waals surface area (Å²) in [6, 6.07) is 7.82. The molecule has 9 nitrogen and oxygen atoms in total. The number of alkyl halides is 6. The molecular formula is C27H29F6N3O6. The molecule has 2 aliphatic rings. The zero-order valence-electron chi connectivity index (χ0n) is 22.2. The van der Waals surface area contributed by atoms with Crippen molar-refractivity contribution in [2.45, 2.75) is 69.3 Å². The van der Waals surface area contributed by atoms with Crippen LogP contribution in [0, 0.1) is 10.1 Å². The second-order valence-corrected chi connectivity index (χ2v) is 10.1. The molecule has 1 aliphatic heterocycles. The summed E-state index contributed by atoms with van der Waals surface area (Å²) >= 11 is 0. The van der Waals surface area contributed by atoms with Gasteiger partial charge in [0.05, 0.1) is 11.0 Å². The number of likely N-dealkylation sites (tertiary alicyclic amines) is 1. The van der Waals surface area contributed by atoms with E-state index in [1.165, 1.54) is 30.3 Å². The molecule has 1 N–H and O–H groups in total. The Bertz CT molecular complexity index is 1220. The minimum Gasteiger partial charge on any atom is -0.490 e. The van der Waals surface area contributed by atoms with E-state index in [4.69, 9.17) is 9.47 Å². The maximum absolute atomic E-state index is 13.2. The Morgan fingerprint density at radius 1 is 0.905 bits per heavy atom. The lowest BCUT2D eigenvalue weighted by Crippen LogP contribution is -2.44. The molecule has 0 aromatic heterocycles. The molecule has 1 aliphatic carbocycles. The van der Waals surface area contributed by atoms with Crippen molar-refractivity contribution in [1.82, 2.24) is 4.90 Å². The van der Waals surface area contributed by atoms with Gasteiger partial charge in [-0.1, -0.05) is 0 Å². The Labute approximate surface area is 236 Å². The normalized spacial score (nSPS) is 20.2. The van der Waals surface area contributed by atoms with Gasteiger partial charge in [-0.3, -0.25) is 14.9 Å².